The van der Waals surface area contributed by atoms with Gasteiger partial charge in [0.25, 0.3) is 0 Å². The minimum absolute atomic E-state index is 0.331. The first kappa shape index (κ1) is 8.25. The van der Waals surface area contributed by atoms with Gasteiger partial charge in [0.1, 0.15) is 0 Å². The summed E-state index contributed by atoms with van der Waals surface area (Å²) < 4.78 is 0. The first-order chi connectivity index (χ1) is 3.81. The lowest BCUT2D eigenvalue weighted by Gasteiger charge is -2.05. The van der Waals surface area contributed by atoms with Crippen LogP contribution < -0.4 is 5.73 Å². The number of nitrogens with two attached hydrogens (primary N) is 1. The summed E-state index contributed by atoms with van der Waals surface area (Å²) >= 11 is 5.45. The fourth-order valence-corrected chi connectivity index (χ4v) is 0.936. The zero-order valence-electron chi connectivity index (χ0n) is 5.36. The third kappa shape index (κ3) is 4.41. The van der Waals surface area contributed by atoms with Crippen molar-refractivity contribution in [2.24, 2.45) is 5.73 Å². The maximum Gasteiger partial charge on any atom is 0.0238 e. The van der Waals surface area contributed by atoms with Gasteiger partial charge in [0.2, 0.25) is 0 Å². The van der Waals surface area contributed by atoms with Crippen molar-refractivity contribution in [2.45, 2.75) is 32.2 Å². The van der Waals surface area contributed by atoms with Crippen molar-refractivity contribution in [1.29, 1.82) is 0 Å². The van der Waals surface area contributed by atoms with Crippen LogP contribution in [-0.4, -0.2) is 11.9 Å². The van der Waals surface area contributed by atoms with Crippen molar-refractivity contribution in [3.63, 3.8) is 0 Å². The molecule has 0 rings (SSSR count). The Kier molecular flexibility index (Phi) is 5.56. The SMILES string of the molecule is CCCC(N)CCCl. The van der Waals surface area contributed by atoms with E-state index in [4.69, 9.17) is 17.3 Å². The van der Waals surface area contributed by atoms with E-state index in [2.05, 4.69) is 6.92 Å². The molecule has 2 N–H and O–H groups in total. The Morgan fingerprint density at radius 1 is 1.50 bits per heavy atom. The minimum atomic E-state index is 0.331. The summed E-state index contributed by atoms with van der Waals surface area (Å²) in [5.74, 6) is 0.696. The molecule has 0 amide bonds. The molecule has 0 saturated heterocycles. The number of alkyl halides is 1. The third-order valence-corrected chi connectivity index (χ3v) is 1.36. The molecule has 0 aliphatic carbocycles. The summed E-state index contributed by atoms with van der Waals surface area (Å²) in [6, 6.07) is 0.331. The second-order valence-corrected chi connectivity index (χ2v) is 2.40. The van der Waals surface area contributed by atoms with Crippen LogP contribution in [0.4, 0.5) is 0 Å². The van der Waals surface area contributed by atoms with Crippen molar-refractivity contribution < 1.29 is 0 Å². The van der Waals surface area contributed by atoms with Crippen LogP contribution in [0, 0.1) is 0 Å². The van der Waals surface area contributed by atoms with Crippen molar-refractivity contribution in [1.82, 2.24) is 0 Å². The van der Waals surface area contributed by atoms with Gasteiger partial charge in [0.05, 0.1) is 0 Å². The predicted octanol–water partition coefficient (Wildman–Crippen LogP) is 1.74. The Morgan fingerprint density at radius 3 is 2.50 bits per heavy atom. The van der Waals surface area contributed by atoms with Gasteiger partial charge in [-0.15, -0.1) is 11.6 Å². The van der Waals surface area contributed by atoms with Crippen LogP contribution in [0.2, 0.25) is 0 Å². The molecule has 2 heteroatoms. The Labute approximate surface area is 56.2 Å². The van der Waals surface area contributed by atoms with Crippen LogP contribution in [0.15, 0.2) is 0 Å². The predicted molar refractivity (Wildman–Crippen MR) is 38.2 cm³/mol. The Balaban J connectivity index is 2.92. The van der Waals surface area contributed by atoms with Gasteiger partial charge in [0, 0.05) is 11.9 Å². The Morgan fingerprint density at radius 2 is 2.12 bits per heavy atom. The van der Waals surface area contributed by atoms with E-state index >= 15 is 0 Å². The highest BCUT2D eigenvalue weighted by molar-refractivity contribution is 6.17. The van der Waals surface area contributed by atoms with Gasteiger partial charge in [-0.2, -0.15) is 0 Å². The molecular formula is C6H14ClN. The lowest BCUT2D eigenvalue weighted by Crippen LogP contribution is -2.19. The van der Waals surface area contributed by atoms with E-state index in [1.807, 2.05) is 0 Å². The summed E-state index contributed by atoms with van der Waals surface area (Å²) in [5, 5.41) is 0. The average molecular weight is 136 g/mol. The zero-order valence-corrected chi connectivity index (χ0v) is 6.12. The summed E-state index contributed by atoms with van der Waals surface area (Å²) in [6.45, 7) is 2.13. The largest absolute Gasteiger partial charge is 0.328 e. The highest BCUT2D eigenvalue weighted by Crippen LogP contribution is 1.98. The molecule has 1 atom stereocenters. The van der Waals surface area contributed by atoms with E-state index in [0.29, 0.717) is 11.9 Å². The van der Waals surface area contributed by atoms with E-state index in [1.165, 1.54) is 0 Å². The fourth-order valence-electron chi connectivity index (χ4n) is 0.655. The first-order valence-corrected chi connectivity index (χ1v) is 3.66. The maximum atomic E-state index is 5.61. The van der Waals surface area contributed by atoms with Crippen LogP contribution in [0.25, 0.3) is 0 Å². The molecule has 0 radical (unpaired) electrons. The Bertz CT molecular complexity index is 41.8. The van der Waals surface area contributed by atoms with Gasteiger partial charge in [-0.25, -0.2) is 0 Å². The number of hydrogen-bond donors (Lipinski definition) is 1. The summed E-state index contributed by atoms with van der Waals surface area (Å²) in [4.78, 5) is 0. The molecule has 0 fully saturated rings. The molecule has 0 aliphatic heterocycles. The van der Waals surface area contributed by atoms with E-state index in [9.17, 15) is 0 Å². The molecule has 0 spiro atoms. The van der Waals surface area contributed by atoms with E-state index in [1.54, 1.807) is 0 Å². The maximum absolute atomic E-state index is 5.61. The molecule has 50 valence electrons. The summed E-state index contributed by atoms with van der Waals surface area (Å²) in [6.07, 6.45) is 3.22. The lowest BCUT2D eigenvalue weighted by molar-refractivity contribution is 0.589. The van der Waals surface area contributed by atoms with Crippen LogP contribution in [0.3, 0.4) is 0 Å². The summed E-state index contributed by atoms with van der Waals surface area (Å²) in [5.41, 5.74) is 5.61. The molecule has 0 bridgehead atoms. The molecule has 1 nitrogen and oxygen atoms in total. The number of halogens is 1. The minimum Gasteiger partial charge on any atom is -0.328 e. The number of rotatable bonds is 4. The van der Waals surface area contributed by atoms with Gasteiger partial charge in [0.15, 0.2) is 0 Å². The third-order valence-electron chi connectivity index (χ3n) is 1.14. The lowest BCUT2D eigenvalue weighted by atomic mass is 10.1. The van der Waals surface area contributed by atoms with Crippen LogP contribution >= 0.6 is 11.6 Å². The fraction of sp³-hybridized carbons (Fsp3) is 1.00. The normalized spacial score (nSPS) is 13.9. The molecule has 8 heavy (non-hydrogen) atoms. The Hall–Kier alpha value is 0.250. The highest BCUT2D eigenvalue weighted by Gasteiger charge is 1.96. The van der Waals surface area contributed by atoms with Crippen LogP contribution in [0.1, 0.15) is 26.2 Å². The first-order valence-electron chi connectivity index (χ1n) is 3.12. The van der Waals surface area contributed by atoms with Crippen molar-refractivity contribution in [3.8, 4) is 0 Å². The second kappa shape index (κ2) is 5.39. The van der Waals surface area contributed by atoms with Gasteiger partial charge in [-0.05, 0) is 12.8 Å². The molecule has 0 aromatic carbocycles. The quantitative estimate of drug-likeness (QED) is 0.584. The second-order valence-electron chi connectivity index (χ2n) is 2.03. The van der Waals surface area contributed by atoms with Crippen LogP contribution in [-0.2, 0) is 0 Å². The van der Waals surface area contributed by atoms with Gasteiger partial charge in [-0.3, -0.25) is 0 Å². The topological polar surface area (TPSA) is 26.0 Å². The van der Waals surface area contributed by atoms with E-state index in [0.717, 1.165) is 19.3 Å². The molecule has 0 saturated carbocycles. The van der Waals surface area contributed by atoms with Crippen molar-refractivity contribution in [3.05, 3.63) is 0 Å². The highest BCUT2D eigenvalue weighted by atomic mass is 35.5. The zero-order chi connectivity index (χ0) is 6.41. The summed E-state index contributed by atoms with van der Waals surface area (Å²) in [7, 11) is 0. The van der Waals surface area contributed by atoms with Crippen LogP contribution in [0.5, 0.6) is 0 Å². The monoisotopic (exact) mass is 135 g/mol. The van der Waals surface area contributed by atoms with Gasteiger partial charge in [-0.1, -0.05) is 13.3 Å². The molecule has 0 aromatic heterocycles. The average Bonchev–Trinajstić information content (AvgIpc) is 1.68. The molecule has 0 aliphatic rings. The molecule has 1 unspecified atom stereocenters. The van der Waals surface area contributed by atoms with E-state index < -0.39 is 0 Å². The van der Waals surface area contributed by atoms with Crippen molar-refractivity contribution in [2.75, 3.05) is 5.88 Å². The van der Waals surface area contributed by atoms with Gasteiger partial charge >= 0.3 is 0 Å². The smallest absolute Gasteiger partial charge is 0.0238 e. The molecule has 0 aromatic rings. The standard InChI is InChI=1S/C6H14ClN/c1-2-3-6(8)4-5-7/h6H,2-5,8H2,1H3. The van der Waals surface area contributed by atoms with E-state index in [-0.39, 0.29) is 0 Å². The van der Waals surface area contributed by atoms with Gasteiger partial charge < -0.3 is 5.73 Å². The number of hydrogen-bond acceptors (Lipinski definition) is 1. The molecular weight excluding hydrogens is 122 g/mol. The molecule has 0 heterocycles. The van der Waals surface area contributed by atoms with Crippen molar-refractivity contribution >= 4 is 11.6 Å².